The lowest BCUT2D eigenvalue weighted by molar-refractivity contribution is -0.129. The van der Waals surface area contributed by atoms with Gasteiger partial charge in [-0.1, -0.05) is 13.8 Å². The van der Waals surface area contributed by atoms with Crippen LogP contribution in [0.15, 0.2) is 0 Å². The van der Waals surface area contributed by atoms with Crippen molar-refractivity contribution in [3.8, 4) is 0 Å². The zero-order valence-corrected chi connectivity index (χ0v) is 12.4. The average Bonchev–Trinajstić information content (AvgIpc) is 2.99. The maximum Gasteiger partial charge on any atom is 0.240 e. The van der Waals surface area contributed by atoms with Crippen molar-refractivity contribution in [2.45, 2.75) is 39.2 Å². The zero-order chi connectivity index (χ0) is 13.3. The van der Waals surface area contributed by atoms with E-state index in [0.29, 0.717) is 0 Å². The SMILES string of the molecule is CC(C)C(NC(=O)C1CC12CCNCC2)C(N)=O.Cl. The Labute approximate surface area is 120 Å². The van der Waals surface area contributed by atoms with Crippen LogP contribution in [0.3, 0.4) is 0 Å². The quantitative estimate of drug-likeness (QED) is 0.701. The minimum absolute atomic E-state index is 0. The van der Waals surface area contributed by atoms with E-state index in [2.05, 4.69) is 10.6 Å². The molecular formula is C13H24ClN3O2. The normalized spacial score (nSPS) is 25.5. The molecule has 5 nitrogen and oxygen atoms in total. The first-order valence-electron chi connectivity index (χ1n) is 6.77. The summed E-state index contributed by atoms with van der Waals surface area (Å²) in [6.07, 6.45) is 3.09. The van der Waals surface area contributed by atoms with Crippen LogP contribution in [0.25, 0.3) is 0 Å². The molecular weight excluding hydrogens is 266 g/mol. The van der Waals surface area contributed by atoms with Gasteiger partial charge >= 0.3 is 0 Å². The molecule has 6 heteroatoms. The summed E-state index contributed by atoms with van der Waals surface area (Å²) in [7, 11) is 0. The molecule has 2 aliphatic rings. The van der Waals surface area contributed by atoms with Crippen molar-refractivity contribution in [3.63, 3.8) is 0 Å². The van der Waals surface area contributed by atoms with Crippen LogP contribution >= 0.6 is 12.4 Å². The molecule has 1 aliphatic heterocycles. The van der Waals surface area contributed by atoms with Gasteiger partial charge in [0.25, 0.3) is 0 Å². The first-order valence-corrected chi connectivity index (χ1v) is 6.77. The van der Waals surface area contributed by atoms with E-state index in [1.807, 2.05) is 13.8 Å². The van der Waals surface area contributed by atoms with Gasteiger partial charge in [0.15, 0.2) is 0 Å². The van der Waals surface area contributed by atoms with Crippen LogP contribution in [0.2, 0.25) is 0 Å². The van der Waals surface area contributed by atoms with Crippen molar-refractivity contribution >= 4 is 24.2 Å². The van der Waals surface area contributed by atoms with Gasteiger partial charge in [-0.15, -0.1) is 12.4 Å². The number of primary amides is 1. The lowest BCUT2D eigenvalue weighted by Gasteiger charge is -2.24. The standard InChI is InChI=1S/C13H23N3O2.ClH/c1-8(2)10(11(14)17)16-12(18)9-7-13(9)3-5-15-6-4-13;/h8-10,15H,3-7H2,1-2H3,(H2,14,17)(H,16,18);1H. The molecule has 110 valence electrons. The number of piperidine rings is 1. The van der Waals surface area contributed by atoms with Crippen molar-refractivity contribution in [1.82, 2.24) is 10.6 Å². The number of amides is 2. The molecule has 0 aromatic rings. The van der Waals surface area contributed by atoms with Gasteiger partial charge in [-0.25, -0.2) is 0 Å². The minimum Gasteiger partial charge on any atom is -0.368 e. The number of hydrogen-bond acceptors (Lipinski definition) is 3. The second kappa shape index (κ2) is 6.09. The molecule has 0 aromatic heterocycles. The number of carbonyl (C=O) groups is 2. The average molecular weight is 290 g/mol. The summed E-state index contributed by atoms with van der Waals surface area (Å²) in [5.74, 6) is -0.317. The van der Waals surface area contributed by atoms with E-state index in [1.54, 1.807) is 0 Å². The third kappa shape index (κ3) is 3.39. The van der Waals surface area contributed by atoms with Gasteiger partial charge in [0.1, 0.15) is 6.04 Å². The molecule has 1 saturated carbocycles. The summed E-state index contributed by atoms with van der Waals surface area (Å²) in [6, 6.07) is -0.545. The van der Waals surface area contributed by atoms with Crippen LogP contribution in [0.5, 0.6) is 0 Å². The number of nitrogens with two attached hydrogens (primary N) is 1. The first-order chi connectivity index (χ1) is 8.46. The molecule has 2 fully saturated rings. The molecule has 0 radical (unpaired) electrons. The molecule has 0 bridgehead atoms. The summed E-state index contributed by atoms with van der Waals surface area (Å²) < 4.78 is 0. The van der Waals surface area contributed by atoms with Gasteiger partial charge in [0, 0.05) is 5.92 Å². The smallest absolute Gasteiger partial charge is 0.240 e. The van der Waals surface area contributed by atoms with Crippen molar-refractivity contribution in [2.24, 2.45) is 23.0 Å². The van der Waals surface area contributed by atoms with Crippen molar-refractivity contribution in [1.29, 1.82) is 0 Å². The summed E-state index contributed by atoms with van der Waals surface area (Å²) in [6.45, 7) is 5.77. The van der Waals surface area contributed by atoms with E-state index in [0.717, 1.165) is 32.4 Å². The maximum absolute atomic E-state index is 12.2. The van der Waals surface area contributed by atoms with Crippen LogP contribution in [0.1, 0.15) is 33.1 Å². The van der Waals surface area contributed by atoms with Gasteiger partial charge in [-0.2, -0.15) is 0 Å². The fraction of sp³-hybridized carbons (Fsp3) is 0.846. The molecule has 0 aromatic carbocycles. The Bertz CT molecular complexity index is 354. The molecule has 2 amide bonds. The molecule has 2 unspecified atom stereocenters. The predicted molar refractivity (Wildman–Crippen MR) is 75.9 cm³/mol. The van der Waals surface area contributed by atoms with Gasteiger partial charge in [0.05, 0.1) is 0 Å². The third-order valence-electron chi connectivity index (χ3n) is 4.38. The molecule has 2 rings (SSSR count). The van der Waals surface area contributed by atoms with Crippen molar-refractivity contribution in [2.75, 3.05) is 13.1 Å². The Morgan fingerprint density at radius 2 is 1.89 bits per heavy atom. The summed E-state index contributed by atoms with van der Waals surface area (Å²) >= 11 is 0. The molecule has 1 spiro atoms. The van der Waals surface area contributed by atoms with Crippen molar-refractivity contribution in [3.05, 3.63) is 0 Å². The van der Waals surface area contributed by atoms with Gasteiger partial charge in [-0.05, 0) is 43.7 Å². The second-order valence-corrected chi connectivity index (χ2v) is 6.00. The lowest BCUT2D eigenvalue weighted by atomic mass is 9.91. The predicted octanol–water partition coefficient (Wildman–Crippen LogP) is 0.424. The Morgan fingerprint density at radius 3 is 2.37 bits per heavy atom. The summed E-state index contributed by atoms with van der Waals surface area (Å²) in [5.41, 5.74) is 5.52. The monoisotopic (exact) mass is 289 g/mol. The zero-order valence-electron chi connectivity index (χ0n) is 11.6. The Balaban J connectivity index is 0.00000180. The molecule has 1 aliphatic carbocycles. The van der Waals surface area contributed by atoms with E-state index < -0.39 is 11.9 Å². The van der Waals surface area contributed by atoms with Gasteiger partial charge < -0.3 is 16.4 Å². The largest absolute Gasteiger partial charge is 0.368 e. The van der Waals surface area contributed by atoms with Crippen LogP contribution in [-0.4, -0.2) is 30.9 Å². The topological polar surface area (TPSA) is 84.2 Å². The molecule has 4 N–H and O–H groups in total. The van der Waals surface area contributed by atoms with E-state index >= 15 is 0 Å². The fourth-order valence-electron chi connectivity index (χ4n) is 3.02. The summed E-state index contributed by atoms with van der Waals surface area (Å²) in [5, 5.41) is 6.13. The Morgan fingerprint density at radius 1 is 1.32 bits per heavy atom. The molecule has 19 heavy (non-hydrogen) atoms. The number of carbonyl (C=O) groups excluding carboxylic acids is 2. The molecule has 2 atom stereocenters. The first kappa shape index (κ1) is 16.2. The van der Waals surface area contributed by atoms with Crippen LogP contribution in [0, 0.1) is 17.3 Å². The minimum atomic E-state index is -0.545. The molecule has 1 heterocycles. The van der Waals surface area contributed by atoms with Gasteiger partial charge in [-0.3, -0.25) is 9.59 Å². The van der Waals surface area contributed by atoms with Crippen molar-refractivity contribution < 1.29 is 9.59 Å². The van der Waals surface area contributed by atoms with E-state index in [-0.39, 0.29) is 35.6 Å². The Hall–Kier alpha value is -0.810. The third-order valence-corrected chi connectivity index (χ3v) is 4.38. The maximum atomic E-state index is 12.2. The second-order valence-electron chi connectivity index (χ2n) is 6.00. The molecule has 1 saturated heterocycles. The highest BCUT2D eigenvalue weighted by Crippen LogP contribution is 2.58. The number of rotatable bonds is 4. The number of halogens is 1. The van der Waals surface area contributed by atoms with Crippen LogP contribution in [-0.2, 0) is 9.59 Å². The van der Waals surface area contributed by atoms with Gasteiger partial charge in [0.2, 0.25) is 11.8 Å². The van der Waals surface area contributed by atoms with E-state index in [1.165, 1.54) is 0 Å². The van der Waals surface area contributed by atoms with E-state index in [4.69, 9.17) is 5.73 Å². The summed E-state index contributed by atoms with van der Waals surface area (Å²) in [4.78, 5) is 23.4. The lowest BCUT2D eigenvalue weighted by Crippen LogP contribution is -2.48. The highest BCUT2D eigenvalue weighted by atomic mass is 35.5. The fourth-order valence-corrected chi connectivity index (χ4v) is 3.02. The highest BCUT2D eigenvalue weighted by molar-refractivity contribution is 5.89. The van der Waals surface area contributed by atoms with E-state index in [9.17, 15) is 9.59 Å². The number of nitrogens with one attached hydrogen (secondary N) is 2. The highest BCUT2D eigenvalue weighted by Gasteiger charge is 2.57. The number of hydrogen-bond donors (Lipinski definition) is 3. The van der Waals surface area contributed by atoms with Crippen LogP contribution < -0.4 is 16.4 Å². The van der Waals surface area contributed by atoms with Crippen LogP contribution in [0.4, 0.5) is 0 Å². The Kier molecular flexibility index (Phi) is 5.21.